The Labute approximate surface area is 129 Å². The van der Waals surface area contributed by atoms with Gasteiger partial charge in [0.25, 0.3) is 0 Å². The van der Waals surface area contributed by atoms with E-state index in [2.05, 4.69) is 41.3 Å². The van der Waals surface area contributed by atoms with Crippen LogP contribution in [0, 0.1) is 3.57 Å². The Morgan fingerprint density at radius 3 is 2.47 bits per heavy atom. The normalized spacial score (nSPS) is 13.1. The Balaban J connectivity index is 2.99. The van der Waals surface area contributed by atoms with Gasteiger partial charge in [-0.25, -0.2) is 0 Å². The highest BCUT2D eigenvalue weighted by Crippen LogP contribution is 2.32. The van der Waals surface area contributed by atoms with Crippen molar-refractivity contribution < 1.29 is 14.2 Å². The van der Waals surface area contributed by atoms with Crippen LogP contribution < -0.4 is 0 Å². The molecule has 1 aromatic rings. The van der Waals surface area contributed by atoms with E-state index in [0.29, 0.717) is 12.2 Å². The number of rotatable bonds is 7. The van der Waals surface area contributed by atoms with E-state index in [9.17, 15) is 0 Å². The summed E-state index contributed by atoms with van der Waals surface area (Å²) in [7, 11) is 3.26. The predicted molar refractivity (Wildman–Crippen MR) is 84.8 cm³/mol. The molecule has 0 aromatic heterocycles. The smallest absolute Gasteiger partial charge is 0.163 e. The fourth-order valence-corrected chi connectivity index (χ4v) is 2.37. The lowest BCUT2D eigenvalue weighted by Gasteiger charge is -2.30. The lowest BCUT2D eigenvalue weighted by molar-refractivity contribution is -0.226. The summed E-state index contributed by atoms with van der Waals surface area (Å²) in [6, 6.07) is 8.13. The van der Waals surface area contributed by atoms with E-state index in [1.54, 1.807) is 14.2 Å². The molecule has 0 amide bonds. The molecular formula is C15H21IO3. The summed E-state index contributed by atoms with van der Waals surface area (Å²) in [5, 5.41) is 0. The van der Waals surface area contributed by atoms with Crippen LogP contribution in [0.25, 0.3) is 0 Å². The van der Waals surface area contributed by atoms with Crippen molar-refractivity contribution in [3.05, 3.63) is 45.7 Å². The zero-order valence-corrected chi connectivity index (χ0v) is 14.1. The molecule has 3 nitrogen and oxygen atoms in total. The molecule has 0 spiro atoms. The molecule has 106 valence electrons. The Hall–Kier alpha value is -0.590. The van der Waals surface area contributed by atoms with Crippen molar-refractivity contribution in [1.29, 1.82) is 0 Å². The van der Waals surface area contributed by atoms with Crippen molar-refractivity contribution in [2.75, 3.05) is 14.2 Å². The molecule has 0 saturated carbocycles. The second kappa shape index (κ2) is 7.26. The standard InChI is InChI=1S/C15H21IO3/c1-11(17-4)10-14(19-15(2,3)18-5)12-8-6-7-9-13(12)16/h6-9,14H,1,10H2,2-5H3. The van der Waals surface area contributed by atoms with Gasteiger partial charge >= 0.3 is 0 Å². The van der Waals surface area contributed by atoms with Crippen molar-refractivity contribution in [3.8, 4) is 0 Å². The van der Waals surface area contributed by atoms with Gasteiger partial charge < -0.3 is 14.2 Å². The third kappa shape index (κ3) is 5.12. The predicted octanol–water partition coefficient (Wildman–Crippen LogP) is 4.28. The number of hydrogen-bond acceptors (Lipinski definition) is 3. The molecule has 19 heavy (non-hydrogen) atoms. The molecule has 1 aromatic carbocycles. The minimum Gasteiger partial charge on any atom is -0.502 e. The van der Waals surface area contributed by atoms with Crippen molar-refractivity contribution in [3.63, 3.8) is 0 Å². The van der Waals surface area contributed by atoms with Crippen LogP contribution in [0.2, 0.25) is 0 Å². The van der Waals surface area contributed by atoms with Crippen molar-refractivity contribution in [2.24, 2.45) is 0 Å². The first-order valence-electron chi connectivity index (χ1n) is 6.08. The lowest BCUT2D eigenvalue weighted by atomic mass is 10.1. The molecule has 1 unspecified atom stereocenters. The van der Waals surface area contributed by atoms with E-state index in [1.165, 1.54) is 0 Å². The maximum atomic E-state index is 6.06. The molecule has 0 N–H and O–H groups in total. The van der Waals surface area contributed by atoms with Crippen LogP contribution in [-0.2, 0) is 14.2 Å². The minimum absolute atomic E-state index is 0.143. The number of methoxy groups -OCH3 is 2. The van der Waals surface area contributed by atoms with E-state index in [0.717, 1.165) is 9.13 Å². The average molecular weight is 376 g/mol. The third-order valence-corrected chi connectivity index (χ3v) is 3.85. The average Bonchev–Trinajstić information content (AvgIpc) is 2.38. The van der Waals surface area contributed by atoms with Crippen LogP contribution in [0.5, 0.6) is 0 Å². The fraction of sp³-hybridized carbons (Fsp3) is 0.467. The Morgan fingerprint density at radius 1 is 1.32 bits per heavy atom. The van der Waals surface area contributed by atoms with Gasteiger partial charge in [-0.3, -0.25) is 0 Å². The van der Waals surface area contributed by atoms with Gasteiger partial charge in [0.05, 0.1) is 19.0 Å². The molecular weight excluding hydrogens is 355 g/mol. The SMILES string of the molecule is C=C(CC(OC(C)(C)OC)c1ccccc1I)OC. The molecule has 0 aliphatic rings. The maximum Gasteiger partial charge on any atom is 0.163 e. The second-order valence-electron chi connectivity index (χ2n) is 4.68. The van der Waals surface area contributed by atoms with Crippen molar-refractivity contribution in [2.45, 2.75) is 32.2 Å². The van der Waals surface area contributed by atoms with Gasteiger partial charge in [0.15, 0.2) is 5.79 Å². The second-order valence-corrected chi connectivity index (χ2v) is 5.84. The van der Waals surface area contributed by atoms with Gasteiger partial charge in [0.2, 0.25) is 0 Å². The van der Waals surface area contributed by atoms with Crippen molar-refractivity contribution in [1.82, 2.24) is 0 Å². The number of hydrogen-bond donors (Lipinski definition) is 0. The molecule has 0 aliphatic carbocycles. The summed E-state index contributed by atoms with van der Waals surface area (Å²) in [5.41, 5.74) is 1.12. The van der Waals surface area contributed by atoms with Gasteiger partial charge in [-0.1, -0.05) is 24.8 Å². The topological polar surface area (TPSA) is 27.7 Å². The monoisotopic (exact) mass is 376 g/mol. The summed E-state index contributed by atoms with van der Waals surface area (Å²) in [6.07, 6.45) is 0.457. The zero-order valence-electron chi connectivity index (χ0n) is 11.9. The van der Waals surface area contributed by atoms with Crippen LogP contribution in [0.4, 0.5) is 0 Å². The van der Waals surface area contributed by atoms with E-state index < -0.39 is 5.79 Å². The summed E-state index contributed by atoms with van der Waals surface area (Å²) in [4.78, 5) is 0. The Morgan fingerprint density at radius 2 is 1.95 bits per heavy atom. The summed E-state index contributed by atoms with van der Waals surface area (Å²) in [5.74, 6) is 0.0361. The van der Waals surface area contributed by atoms with E-state index in [4.69, 9.17) is 14.2 Å². The van der Waals surface area contributed by atoms with E-state index >= 15 is 0 Å². The van der Waals surface area contributed by atoms with Gasteiger partial charge in [-0.15, -0.1) is 0 Å². The first-order valence-corrected chi connectivity index (χ1v) is 7.16. The third-order valence-electron chi connectivity index (χ3n) is 2.87. The molecule has 0 aliphatic heterocycles. The highest BCUT2D eigenvalue weighted by molar-refractivity contribution is 14.1. The van der Waals surface area contributed by atoms with E-state index in [-0.39, 0.29) is 6.10 Å². The highest BCUT2D eigenvalue weighted by atomic mass is 127. The van der Waals surface area contributed by atoms with Crippen LogP contribution in [0.3, 0.4) is 0 Å². The van der Waals surface area contributed by atoms with Gasteiger partial charge in [0.1, 0.15) is 0 Å². The van der Waals surface area contributed by atoms with Gasteiger partial charge in [0, 0.05) is 17.1 Å². The maximum absolute atomic E-state index is 6.06. The van der Waals surface area contributed by atoms with Crippen molar-refractivity contribution >= 4 is 22.6 Å². The molecule has 0 heterocycles. The van der Waals surface area contributed by atoms with Gasteiger partial charge in [-0.2, -0.15) is 0 Å². The first kappa shape index (κ1) is 16.5. The van der Waals surface area contributed by atoms with E-state index in [1.807, 2.05) is 26.0 Å². The quantitative estimate of drug-likeness (QED) is 0.404. The number of ether oxygens (including phenoxy) is 3. The number of halogens is 1. The summed E-state index contributed by atoms with van der Waals surface area (Å²) in [6.45, 7) is 7.67. The Bertz CT molecular complexity index is 429. The van der Waals surface area contributed by atoms with Gasteiger partial charge in [-0.05, 0) is 48.1 Å². The minimum atomic E-state index is -0.655. The fourth-order valence-electron chi connectivity index (χ4n) is 1.63. The summed E-state index contributed by atoms with van der Waals surface area (Å²) >= 11 is 2.31. The van der Waals surface area contributed by atoms with Crippen LogP contribution >= 0.6 is 22.6 Å². The Kier molecular flexibility index (Phi) is 6.29. The zero-order chi connectivity index (χ0) is 14.5. The molecule has 0 bridgehead atoms. The molecule has 0 fully saturated rings. The van der Waals surface area contributed by atoms with Crippen LogP contribution in [0.1, 0.15) is 31.9 Å². The molecule has 4 heteroatoms. The van der Waals surface area contributed by atoms with Crippen LogP contribution in [0.15, 0.2) is 36.6 Å². The molecule has 0 saturated heterocycles. The number of benzene rings is 1. The largest absolute Gasteiger partial charge is 0.502 e. The highest BCUT2D eigenvalue weighted by Gasteiger charge is 2.26. The summed E-state index contributed by atoms with van der Waals surface area (Å²) < 4.78 is 17.7. The first-order chi connectivity index (χ1) is 8.89. The molecule has 1 rings (SSSR count). The van der Waals surface area contributed by atoms with Crippen LogP contribution in [-0.4, -0.2) is 20.0 Å². The molecule has 1 atom stereocenters. The molecule has 0 radical (unpaired) electrons. The lowest BCUT2D eigenvalue weighted by Crippen LogP contribution is -2.29.